The van der Waals surface area contributed by atoms with Crippen LogP contribution < -0.4 is 9.47 Å². The van der Waals surface area contributed by atoms with Crippen LogP contribution >= 0.6 is 0 Å². The van der Waals surface area contributed by atoms with Crippen LogP contribution in [-0.2, 0) is 19.4 Å². The number of ether oxygens (including phenoxy) is 2. The van der Waals surface area contributed by atoms with E-state index in [2.05, 4.69) is 0 Å². The van der Waals surface area contributed by atoms with E-state index in [-0.39, 0.29) is 43.5 Å². The number of benzene rings is 4. The molecule has 0 saturated carbocycles. The molecule has 2 aliphatic rings. The fourth-order valence-electron chi connectivity index (χ4n) is 4.86. The third-order valence-corrected chi connectivity index (χ3v) is 8.85. The summed E-state index contributed by atoms with van der Waals surface area (Å²) in [5.41, 5.74) is 0.768. The summed E-state index contributed by atoms with van der Waals surface area (Å²) in [5.74, 6) is -4.25. The number of amides is 4. The lowest BCUT2D eigenvalue weighted by Crippen LogP contribution is -2.36. The molecule has 4 aromatic rings. The Morgan fingerprint density at radius 3 is 1.07 bits per heavy atom. The van der Waals surface area contributed by atoms with Crippen molar-refractivity contribution in [1.29, 1.82) is 0 Å². The van der Waals surface area contributed by atoms with Gasteiger partial charge in [0.25, 0.3) is 23.6 Å². The molecular weight excluding hydrogens is 604 g/mol. The minimum absolute atomic E-state index is 0.00381. The van der Waals surface area contributed by atoms with Gasteiger partial charge in [-0.05, 0) is 72.8 Å². The highest BCUT2D eigenvalue weighted by Gasteiger charge is 2.38. The summed E-state index contributed by atoms with van der Waals surface area (Å²) in [7, 11) is -4.03. The van der Waals surface area contributed by atoms with Crippen molar-refractivity contribution in [3.05, 3.63) is 119 Å². The Morgan fingerprint density at radius 2 is 0.778 bits per heavy atom. The second-order valence-corrected chi connectivity index (χ2v) is 11.8. The van der Waals surface area contributed by atoms with Gasteiger partial charge in [-0.3, -0.25) is 29.0 Å². The van der Waals surface area contributed by atoms with Crippen LogP contribution in [0.25, 0.3) is 0 Å². The second-order valence-electron chi connectivity index (χ2n) is 9.88. The van der Waals surface area contributed by atoms with Crippen LogP contribution in [0, 0.1) is 0 Å². The molecule has 0 N–H and O–H groups in total. The smallest absolute Gasteiger partial charge is 0.331 e. The number of carbonyl (C=O) groups excluding carboxylic acids is 6. The molecule has 13 heteroatoms. The number of esters is 2. The molecule has 2 heterocycles. The lowest BCUT2D eigenvalue weighted by molar-refractivity contribution is -0.135. The largest absolute Gasteiger partial charge is 0.425 e. The predicted molar refractivity (Wildman–Crippen MR) is 153 cm³/mol. The van der Waals surface area contributed by atoms with Crippen LogP contribution in [0.2, 0.25) is 0 Å². The summed E-state index contributed by atoms with van der Waals surface area (Å²) in [5, 5.41) is 0. The van der Waals surface area contributed by atoms with Crippen LogP contribution in [0.5, 0.6) is 11.5 Å². The van der Waals surface area contributed by atoms with Gasteiger partial charge in [-0.2, -0.15) is 0 Å². The molecule has 224 valence electrons. The highest BCUT2D eigenvalue weighted by Crippen LogP contribution is 2.27. The number of fused-ring (bicyclic) bond motifs is 2. The van der Waals surface area contributed by atoms with Gasteiger partial charge in [0.1, 0.15) is 24.6 Å². The van der Waals surface area contributed by atoms with Crippen molar-refractivity contribution in [2.75, 3.05) is 13.1 Å². The summed E-state index contributed by atoms with van der Waals surface area (Å²) in [6.07, 6.45) is 0. The second kappa shape index (κ2) is 11.3. The van der Waals surface area contributed by atoms with Gasteiger partial charge in [0.15, 0.2) is 0 Å². The van der Waals surface area contributed by atoms with Crippen LogP contribution in [0.3, 0.4) is 0 Å². The molecule has 45 heavy (non-hydrogen) atoms. The summed E-state index contributed by atoms with van der Waals surface area (Å²) in [6, 6.07) is 22.3. The van der Waals surface area contributed by atoms with E-state index in [9.17, 15) is 37.2 Å². The summed E-state index contributed by atoms with van der Waals surface area (Å²) in [4.78, 5) is 76.1. The molecule has 4 amide bonds. The van der Waals surface area contributed by atoms with Gasteiger partial charge >= 0.3 is 11.9 Å². The molecular formula is C32H20N2O10S. The average molecular weight is 625 g/mol. The Hall–Kier alpha value is -5.95. The average Bonchev–Trinajstić information content (AvgIpc) is 3.42. The van der Waals surface area contributed by atoms with Crippen molar-refractivity contribution < 1.29 is 46.7 Å². The van der Waals surface area contributed by atoms with Crippen molar-refractivity contribution in [1.82, 2.24) is 9.80 Å². The zero-order valence-electron chi connectivity index (χ0n) is 23.0. The zero-order chi connectivity index (χ0) is 31.9. The quantitative estimate of drug-likeness (QED) is 0.162. The number of imide groups is 2. The van der Waals surface area contributed by atoms with Crippen LogP contribution in [0.1, 0.15) is 41.4 Å². The Balaban J connectivity index is 1.05. The molecule has 2 aliphatic heterocycles. The number of hydrogen-bond acceptors (Lipinski definition) is 10. The molecule has 0 fully saturated rings. The highest BCUT2D eigenvalue weighted by molar-refractivity contribution is 7.91. The lowest BCUT2D eigenvalue weighted by Gasteiger charge is -2.13. The SMILES string of the molecule is O=C(CN1C(=O)c2ccccc2C1=O)Oc1ccc(S(=O)(=O)c2ccc(OC(=O)CN3C(=O)c4ccccc4C3=O)cc2)cc1. The summed E-state index contributed by atoms with van der Waals surface area (Å²) >= 11 is 0. The molecule has 0 spiro atoms. The maximum absolute atomic E-state index is 13.1. The first-order valence-electron chi connectivity index (χ1n) is 13.3. The van der Waals surface area contributed by atoms with E-state index in [1.807, 2.05) is 0 Å². The van der Waals surface area contributed by atoms with E-state index in [1.165, 1.54) is 72.8 Å². The molecule has 0 atom stereocenters. The number of rotatable bonds is 8. The molecule has 12 nitrogen and oxygen atoms in total. The van der Waals surface area contributed by atoms with Gasteiger partial charge < -0.3 is 9.47 Å². The Morgan fingerprint density at radius 1 is 0.489 bits per heavy atom. The number of carbonyl (C=O) groups is 6. The maximum atomic E-state index is 13.1. The zero-order valence-corrected chi connectivity index (χ0v) is 23.9. The van der Waals surface area contributed by atoms with E-state index >= 15 is 0 Å². The molecule has 0 aliphatic carbocycles. The molecule has 0 unspecified atom stereocenters. The van der Waals surface area contributed by atoms with Gasteiger partial charge in [0.05, 0.1) is 32.0 Å². The normalized spacial score (nSPS) is 14.0. The fourth-order valence-corrected chi connectivity index (χ4v) is 6.12. The highest BCUT2D eigenvalue weighted by atomic mass is 32.2. The van der Waals surface area contributed by atoms with Crippen LogP contribution in [0.4, 0.5) is 0 Å². The fraction of sp³-hybridized carbons (Fsp3) is 0.0625. The van der Waals surface area contributed by atoms with E-state index in [0.29, 0.717) is 0 Å². The minimum Gasteiger partial charge on any atom is -0.425 e. The van der Waals surface area contributed by atoms with Gasteiger partial charge in [-0.25, -0.2) is 18.0 Å². The van der Waals surface area contributed by atoms with Crippen molar-refractivity contribution in [3.63, 3.8) is 0 Å². The first kappa shape index (κ1) is 29.1. The van der Waals surface area contributed by atoms with Gasteiger partial charge in [0.2, 0.25) is 9.84 Å². The van der Waals surface area contributed by atoms with Crippen molar-refractivity contribution in [2.24, 2.45) is 0 Å². The Kier molecular flexibility index (Phi) is 7.30. The summed E-state index contributed by atoms with van der Waals surface area (Å²) in [6.45, 7) is -1.25. The van der Waals surface area contributed by atoms with Crippen LogP contribution in [-0.4, -0.2) is 66.9 Å². The minimum atomic E-state index is -4.03. The maximum Gasteiger partial charge on any atom is 0.331 e. The number of sulfone groups is 1. The number of nitrogens with zero attached hydrogens (tertiary/aromatic N) is 2. The first-order valence-corrected chi connectivity index (χ1v) is 14.8. The van der Waals surface area contributed by atoms with E-state index in [0.717, 1.165) is 9.80 Å². The van der Waals surface area contributed by atoms with Crippen molar-refractivity contribution in [3.8, 4) is 11.5 Å². The van der Waals surface area contributed by atoms with E-state index in [1.54, 1.807) is 24.3 Å². The third-order valence-electron chi connectivity index (χ3n) is 7.06. The lowest BCUT2D eigenvalue weighted by atomic mass is 10.1. The Bertz CT molecular complexity index is 1830. The third kappa shape index (κ3) is 5.36. The van der Waals surface area contributed by atoms with Crippen molar-refractivity contribution in [2.45, 2.75) is 9.79 Å². The van der Waals surface area contributed by atoms with E-state index in [4.69, 9.17) is 9.47 Å². The van der Waals surface area contributed by atoms with Gasteiger partial charge in [0, 0.05) is 0 Å². The molecule has 6 rings (SSSR count). The molecule has 4 aromatic carbocycles. The predicted octanol–water partition coefficient (Wildman–Crippen LogP) is 2.92. The van der Waals surface area contributed by atoms with Gasteiger partial charge in [-0.1, -0.05) is 24.3 Å². The van der Waals surface area contributed by atoms with Gasteiger partial charge in [-0.15, -0.1) is 0 Å². The Labute approximate surface area is 255 Å². The summed E-state index contributed by atoms with van der Waals surface area (Å²) < 4.78 is 36.7. The van der Waals surface area contributed by atoms with E-state index < -0.39 is 58.5 Å². The monoisotopic (exact) mass is 624 g/mol. The molecule has 0 bridgehead atoms. The molecule has 0 radical (unpaired) electrons. The first-order chi connectivity index (χ1) is 21.5. The molecule has 0 aromatic heterocycles. The standard InChI is InChI=1S/C32H20N2O10S/c35-27(17-33-29(37)23-5-1-2-6-24(23)30(33)38)43-19-9-13-21(14-10-19)45(41,42)22-15-11-20(12-16-22)44-28(36)18-34-31(39)25-7-3-4-8-26(25)32(34)40/h1-16H,17-18H2. The van der Waals surface area contributed by atoms with Crippen molar-refractivity contribution >= 4 is 45.4 Å². The van der Waals surface area contributed by atoms with Crippen LogP contribution in [0.15, 0.2) is 107 Å². The number of hydrogen-bond donors (Lipinski definition) is 0. The molecule has 0 saturated heterocycles. The topological polar surface area (TPSA) is 162 Å².